The quantitative estimate of drug-likeness (QED) is 0.164. The molecule has 0 radical (unpaired) electrons. The molecule has 0 atom stereocenters. The van der Waals surface area contributed by atoms with E-state index in [9.17, 15) is 5.11 Å². The van der Waals surface area contributed by atoms with Gasteiger partial charge in [0.1, 0.15) is 28.2 Å². The summed E-state index contributed by atoms with van der Waals surface area (Å²) in [6.07, 6.45) is 19.2. The van der Waals surface area contributed by atoms with Crippen molar-refractivity contribution in [3.8, 4) is 17.2 Å². The minimum absolute atomic E-state index is 0.319. The van der Waals surface area contributed by atoms with Crippen LogP contribution in [0.1, 0.15) is 122 Å². The van der Waals surface area contributed by atoms with Gasteiger partial charge in [0.25, 0.3) is 0 Å². The van der Waals surface area contributed by atoms with E-state index >= 15 is 0 Å². The van der Waals surface area contributed by atoms with Crippen molar-refractivity contribution in [2.24, 2.45) is 0 Å². The van der Waals surface area contributed by atoms with E-state index in [-0.39, 0.29) is 0 Å². The van der Waals surface area contributed by atoms with Gasteiger partial charge in [0.15, 0.2) is 0 Å². The number of fused-ring (bicyclic) bond motifs is 1. The minimum Gasteiger partial charge on any atom is -0.505 e. The van der Waals surface area contributed by atoms with E-state index in [1.54, 1.807) is 4.80 Å². The van der Waals surface area contributed by atoms with E-state index in [0.717, 1.165) is 54.5 Å². The number of benzene rings is 2. The van der Waals surface area contributed by atoms with E-state index in [4.69, 9.17) is 14.9 Å². The Hall–Kier alpha value is -2.56. The lowest BCUT2D eigenvalue weighted by Crippen LogP contribution is -2.03. The monoisotopic (exact) mass is 507 g/mol. The smallest absolute Gasteiger partial charge is 0.146 e. The topological polar surface area (TPSA) is 60.2 Å². The number of aromatic nitrogens is 3. The van der Waals surface area contributed by atoms with Gasteiger partial charge >= 0.3 is 0 Å². The predicted octanol–water partition coefficient (Wildman–Crippen LogP) is 9.11. The molecule has 204 valence electrons. The first-order valence-corrected chi connectivity index (χ1v) is 15.0. The summed E-state index contributed by atoms with van der Waals surface area (Å²) in [5, 5.41) is 20.7. The molecule has 0 saturated carbocycles. The SMILES string of the molecule is CCCCCCCCc1cc(CCCCCCCC)c(O)c(-n2nc3ccc(OCCCC)cc3n2)c1. The Morgan fingerprint density at radius 1 is 0.676 bits per heavy atom. The van der Waals surface area contributed by atoms with Crippen LogP contribution in [0.4, 0.5) is 0 Å². The average Bonchev–Trinajstić information content (AvgIpc) is 3.33. The number of phenols is 1. The summed E-state index contributed by atoms with van der Waals surface area (Å²) in [5.74, 6) is 1.14. The number of aryl methyl sites for hydroxylation is 2. The molecule has 1 aromatic heterocycles. The van der Waals surface area contributed by atoms with Crippen LogP contribution in [0.15, 0.2) is 30.3 Å². The maximum absolute atomic E-state index is 11.3. The van der Waals surface area contributed by atoms with E-state index in [1.165, 1.54) is 76.2 Å². The fourth-order valence-electron chi connectivity index (χ4n) is 4.86. The third kappa shape index (κ3) is 9.36. The normalized spacial score (nSPS) is 11.4. The molecule has 0 spiro atoms. The van der Waals surface area contributed by atoms with Crippen molar-refractivity contribution < 1.29 is 9.84 Å². The van der Waals surface area contributed by atoms with Crippen molar-refractivity contribution in [1.82, 2.24) is 15.0 Å². The number of ether oxygens (including phenoxy) is 1. The van der Waals surface area contributed by atoms with Gasteiger partial charge in [-0.25, -0.2) is 0 Å². The number of nitrogens with zero attached hydrogens (tertiary/aromatic N) is 3. The van der Waals surface area contributed by atoms with Gasteiger partial charge in [-0.1, -0.05) is 97.5 Å². The molecule has 0 unspecified atom stereocenters. The molecule has 0 bridgehead atoms. The summed E-state index contributed by atoms with van der Waals surface area (Å²) < 4.78 is 5.86. The first-order chi connectivity index (χ1) is 18.2. The van der Waals surface area contributed by atoms with Gasteiger partial charge in [0, 0.05) is 6.07 Å². The summed E-state index contributed by atoms with van der Waals surface area (Å²) in [6.45, 7) is 7.38. The largest absolute Gasteiger partial charge is 0.505 e. The third-order valence-electron chi connectivity index (χ3n) is 7.18. The van der Waals surface area contributed by atoms with Gasteiger partial charge in [-0.15, -0.1) is 15.0 Å². The van der Waals surface area contributed by atoms with Gasteiger partial charge in [-0.05, 0) is 61.4 Å². The molecule has 0 aliphatic rings. The second kappa shape index (κ2) is 16.3. The predicted molar refractivity (Wildman–Crippen MR) is 155 cm³/mol. The molecule has 0 aliphatic heterocycles. The lowest BCUT2D eigenvalue weighted by molar-refractivity contribution is 0.310. The molecular formula is C32H49N3O2. The minimum atomic E-state index is 0.319. The highest BCUT2D eigenvalue weighted by atomic mass is 16.5. The molecule has 3 aromatic rings. The van der Waals surface area contributed by atoms with E-state index in [2.05, 4.69) is 32.9 Å². The molecule has 0 fully saturated rings. The van der Waals surface area contributed by atoms with Crippen molar-refractivity contribution in [2.75, 3.05) is 6.61 Å². The van der Waals surface area contributed by atoms with Crippen molar-refractivity contribution >= 4 is 11.0 Å². The number of unbranched alkanes of at least 4 members (excludes halogenated alkanes) is 11. The molecule has 1 N–H and O–H groups in total. The van der Waals surface area contributed by atoms with Crippen LogP contribution >= 0.6 is 0 Å². The van der Waals surface area contributed by atoms with E-state index in [0.29, 0.717) is 18.0 Å². The van der Waals surface area contributed by atoms with Crippen LogP contribution < -0.4 is 4.74 Å². The second-order valence-corrected chi connectivity index (χ2v) is 10.5. The van der Waals surface area contributed by atoms with Crippen LogP contribution in [-0.4, -0.2) is 26.7 Å². The van der Waals surface area contributed by atoms with Crippen molar-refractivity contribution in [3.63, 3.8) is 0 Å². The Kier molecular flexibility index (Phi) is 12.8. The fraction of sp³-hybridized carbons (Fsp3) is 0.625. The molecule has 0 saturated heterocycles. The summed E-state index contributed by atoms with van der Waals surface area (Å²) >= 11 is 0. The Balaban J connectivity index is 1.77. The van der Waals surface area contributed by atoms with Gasteiger partial charge in [0.2, 0.25) is 0 Å². The molecule has 5 nitrogen and oxygen atoms in total. The summed E-state index contributed by atoms with van der Waals surface area (Å²) in [5.41, 5.74) is 4.58. The molecule has 2 aromatic carbocycles. The molecule has 3 rings (SSSR count). The van der Waals surface area contributed by atoms with Crippen LogP contribution in [0.5, 0.6) is 11.5 Å². The standard InChI is InChI=1S/C32H49N3O2/c1-4-7-10-12-14-16-18-26-23-27(19-17-15-13-11-8-5-2)32(36)31(24-26)35-33-29-21-20-28(25-30(29)34-35)37-22-9-6-3/h20-21,23-25,36H,4-19,22H2,1-3H3. The summed E-state index contributed by atoms with van der Waals surface area (Å²) in [6, 6.07) is 10.2. The summed E-state index contributed by atoms with van der Waals surface area (Å²) in [7, 11) is 0. The van der Waals surface area contributed by atoms with E-state index in [1.807, 2.05) is 18.2 Å². The van der Waals surface area contributed by atoms with Crippen LogP contribution in [0, 0.1) is 0 Å². The molecule has 1 heterocycles. The Morgan fingerprint density at radius 2 is 1.30 bits per heavy atom. The molecule has 0 aliphatic carbocycles. The van der Waals surface area contributed by atoms with Crippen molar-refractivity contribution in [2.45, 2.75) is 124 Å². The number of aromatic hydroxyl groups is 1. The van der Waals surface area contributed by atoms with Crippen molar-refractivity contribution in [3.05, 3.63) is 41.5 Å². The van der Waals surface area contributed by atoms with Crippen LogP contribution in [0.2, 0.25) is 0 Å². The molecule has 37 heavy (non-hydrogen) atoms. The van der Waals surface area contributed by atoms with Gasteiger partial charge in [-0.3, -0.25) is 0 Å². The molecule has 0 amide bonds. The Morgan fingerprint density at radius 3 is 2.00 bits per heavy atom. The third-order valence-corrected chi connectivity index (χ3v) is 7.18. The van der Waals surface area contributed by atoms with E-state index < -0.39 is 0 Å². The Labute approximate surface area is 224 Å². The zero-order chi connectivity index (χ0) is 26.3. The van der Waals surface area contributed by atoms with Crippen LogP contribution in [0.25, 0.3) is 16.7 Å². The fourth-order valence-corrected chi connectivity index (χ4v) is 4.86. The number of rotatable bonds is 19. The maximum atomic E-state index is 11.3. The number of hydrogen-bond acceptors (Lipinski definition) is 4. The number of phenolic OH excluding ortho intramolecular Hbond substituents is 1. The van der Waals surface area contributed by atoms with Gasteiger partial charge in [-0.2, -0.15) is 0 Å². The zero-order valence-corrected chi connectivity index (χ0v) is 23.6. The van der Waals surface area contributed by atoms with Crippen molar-refractivity contribution in [1.29, 1.82) is 0 Å². The van der Waals surface area contributed by atoms with Crippen LogP contribution in [-0.2, 0) is 12.8 Å². The highest BCUT2D eigenvalue weighted by Gasteiger charge is 2.15. The zero-order valence-electron chi connectivity index (χ0n) is 23.6. The summed E-state index contributed by atoms with van der Waals surface area (Å²) in [4.78, 5) is 1.62. The Bertz CT molecular complexity index is 1060. The first-order valence-electron chi connectivity index (χ1n) is 15.0. The van der Waals surface area contributed by atoms with Crippen LogP contribution in [0.3, 0.4) is 0 Å². The number of hydrogen-bond donors (Lipinski definition) is 1. The second-order valence-electron chi connectivity index (χ2n) is 10.5. The lowest BCUT2D eigenvalue weighted by Gasteiger charge is -2.13. The van der Waals surface area contributed by atoms with Gasteiger partial charge in [0.05, 0.1) is 6.61 Å². The lowest BCUT2D eigenvalue weighted by atomic mass is 9.98. The first kappa shape index (κ1) is 29.0. The molecule has 5 heteroatoms. The molecular weight excluding hydrogens is 458 g/mol. The van der Waals surface area contributed by atoms with Gasteiger partial charge < -0.3 is 9.84 Å². The highest BCUT2D eigenvalue weighted by Crippen LogP contribution is 2.31. The maximum Gasteiger partial charge on any atom is 0.146 e. The average molecular weight is 508 g/mol. The highest BCUT2D eigenvalue weighted by molar-refractivity contribution is 5.76.